The van der Waals surface area contributed by atoms with E-state index in [-0.39, 0.29) is 29.6 Å². The van der Waals surface area contributed by atoms with Gasteiger partial charge < -0.3 is 36.1 Å². The number of rotatable bonds is 25. The summed E-state index contributed by atoms with van der Waals surface area (Å²) in [6, 6.07) is 0.289. The number of nitrogens with one attached hydrogen (secondary N) is 5. The Morgan fingerprint density at radius 2 is 1.29 bits per heavy atom. The lowest BCUT2D eigenvalue weighted by Crippen LogP contribution is -2.31. The Bertz CT molecular complexity index is 550. The fraction of sp³-hybridized carbons (Fsp3) is 0.880. The van der Waals surface area contributed by atoms with E-state index in [2.05, 4.69) is 33.5 Å². The van der Waals surface area contributed by atoms with Gasteiger partial charge in [-0.2, -0.15) is 0 Å². The van der Waals surface area contributed by atoms with Crippen molar-refractivity contribution in [3.63, 3.8) is 0 Å². The second-order valence-electron chi connectivity index (χ2n) is 8.89. The van der Waals surface area contributed by atoms with Gasteiger partial charge >= 0.3 is 0 Å². The molecule has 206 valence electrons. The Balaban J connectivity index is 3.65. The predicted molar refractivity (Wildman–Crippen MR) is 139 cm³/mol. The molecule has 2 unspecified atom stereocenters. The van der Waals surface area contributed by atoms with Crippen molar-refractivity contribution in [1.82, 2.24) is 26.6 Å². The van der Waals surface area contributed by atoms with E-state index in [4.69, 9.17) is 9.47 Å². The number of carbonyl (C=O) groups excluding carboxylic acids is 3. The second kappa shape index (κ2) is 24.1. The van der Waals surface area contributed by atoms with Gasteiger partial charge in [0.15, 0.2) is 0 Å². The Morgan fingerprint density at radius 1 is 0.657 bits per heavy atom. The first kappa shape index (κ1) is 33.4. The van der Waals surface area contributed by atoms with Crippen molar-refractivity contribution in [3.8, 4) is 0 Å². The molecule has 10 heteroatoms. The van der Waals surface area contributed by atoms with Crippen molar-refractivity contribution in [2.45, 2.75) is 64.8 Å². The summed E-state index contributed by atoms with van der Waals surface area (Å²) in [5.41, 5.74) is 0. The minimum atomic E-state index is -0.0201. The summed E-state index contributed by atoms with van der Waals surface area (Å²) < 4.78 is 10.8. The minimum Gasteiger partial charge on any atom is -0.380 e. The van der Waals surface area contributed by atoms with E-state index in [9.17, 15) is 14.4 Å². The monoisotopic (exact) mass is 501 g/mol. The normalized spacial score (nSPS) is 12.8. The van der Waals surface area contributed by atoms with Gasteiger partial charge in [0.2, 0.25) is 11.8 Å². The van der Waals surface area contributed by atoms with Gasteiger partial charge in [-0.05, 0) is 59.8 Å². The van der Waals surface area contributed by atoms with Crippen LogP contribution < -0.4 is 26.6 Å². The van der Waals surface area contributed by atoms with Crippen LogP contribution >= 0.6 is 0 Å². The first-order chi connectivity index (χ1) is 16.9. The van der Waals surface area contributed by atoms with Crippen molar-refractivity contribution in [2.24, 2.45) is 5.92 Å². The first-order valence-electron chi connectivity index (χ1n) is 13.1. The van der Waals surface area contributed by atoms with Crippen LogP contribution in [0.4, 0.5) is 0 Å². The van der Waals surface area contributed by atoms with Gasteiger partial charge in [0.25, 0.3) is 0 Å². The zero-order chi connectivity index (χ0) is 26.2. The van der Waals surface area contributed by atoms with Crippen molar-refractivity contribution in [1.29, 1.82) is 0 Å². The molecule has 0 bridgehead atoms. The smallest absolute Gasteiger partial charge is 0.222 e. The van der Waals surface area contributed by atoms with Gasteiger partial charge in [0.05, 0.1) is 26.4 Å². The van der Waals surface area contributed by atoms with Crippen molar-refractivity contribution in [2.75, 3.05) is 73.2 Å². The molecule has 0 spiro atoms. The fourth-order valence-corrected chi connectivity index (χ4v) is 3.26. The number of hydrogen-bond acceptors (Lipinski definition) is 8. The Labute approximate surface area is 212 Å². The van der Waals surface area contributed by atoms with Crippen LogP contribution in [0.2, 0.25) is 0 Å². The third-order valence-electron chi connectivity index (χ3n) is 5.61. The maximum Gasteiger partial charge on any atom is 0.222 e. The van der Waals surface area contributed by atoms with Crippen LogP contribution in [-0.4, -0.2) is 96.9 Å². The number of likely N-dealkylation sites (N-methyl/N-ethyl adjacent to an activating group) is 1. The fourth-order valence-electron chi connectivity index (χ4n) is 3.26. The third kappa shape index (κ3) is 22.6. The van der Waals surface area contributed by atoms with E-state index in [0.29, 0.717) is 58.8 Å². The molecule has 0 rings (SSSR count). The van der Waals surface area contributed by atoms with Gasteiger partial charge in [-0.15, -0.1) is 0 Å². The highest BCUT2D eigenvalue weighted by Gasteiger charge is 2.14. The summed E-state index contributed by atoms with van der Waals surface area (Å²) in [4.78, 5) is 35.8. The zero-order valence-electron chi connectivity index (χ0n) is 22.5. The molecule has 2 amide bonds. The van der Waals surface area contributed by atoms with E-state index in [1.54, 1.807) is 0 Å². The molecule has 0 aliphatic rings. The summed E-state index contributed by atoms with van der Waals surface area (Å²) in [5.74, 6) is 0.205. The van der Waals surface area contributed by atoms with Crippen molar-refractivity contribution < 1.29 is 23.9 Å². The van der Waals surface area contributed by atoms with Gasteiger partial charge in [-0.25, -0.2) is 0 Å². The number of amides is 2. The SMILES string of the molecule is CNCCCNC(=O)CCOCCC(=O)C(C)CCC(C)NCCCC(=O)NCCOCCNC. The Morgan fingerprint density at radius 3 is 2.03 bits per heavy atom. The van der Waals surface area contributed by atoms with Crippen LogP contribution in [-0.2, 0) is 23.9 Å². The Kier molecular flexibility index (Phi) is 23.0. The van der Waals surface area contributed by atoms with Crippen LogP contribution in [0.3, 0.4) is 0 Å². The molecule has 2 atom stereocenters. The average Bonchev–Trinajstić information content (AvgIpc) is 2.84. The molecule has 0 aromatic carbocycles. The van der Waals surface area contributed by atoms with Crippen LogP contribution in [0.1, 0.15) is 58.8 Å². The number of hydrogen-bond donors (Lipinski definition) is 5. The van der Waals surface area contributed by atoms with Crippen LogP contribution in [0.5, 0.6) is 0 Å². The first-order valence-corrected chi connectivity index (χ1v) is 13.1. The minimum absolute atomic E-state index is 0.0144. The van der Waals surface area contributed by atoms with Gasteiger partial charge in [-0.1, -0.05) is 6.92 Å². The molecule has 0 fully saturated rings. The number of carbonyl (C=O) groups is 3. The summed E-state index contributed by atoms with van der Waals surface area (Å²) in [6.07, 6.45) is 4.57. The molecule has 0 saturated carbocycles. The molecule has 5 N–H and O–H groups in total. The number of ether oxygens (including phenoxy) is 2. The van der Waals surface area contributed by atoms with E-state index >= 15 is 0 Å². The summed E-state index contributed by atoms with van der Waals surface area (Å²) >= 11 is 0. The number of Topliss-reactive ketones (excluding diaryl/α,β-unsaturated/α-hetero) is 1. The van der Waals surface area contributed by atoms with Crippen LogP contribution in [0, 0.1) is 5.92 Å². The highest BCUT2D eigenvalue weighted by Crippen LogP contribution is 2.11. The zero-order valence-corrected chi connectivity index (χ0v) is 22.5. The van der Waals surface area contributed by atoms with Crippen LogP contribution in [0.15, 0.2) is 0 Å². The van der Waals surface area contributed by atoms with E-state index < -0.39 is 0 Å². The molecular weight excluding hydrogens is 450 g/mol. The molecular formula is C25H51N5O5. The van der Waals surface area contributed by atoms with Gasteiger partial charge in [0, 0.05) is 50.9 Å². The molecule has 35 heavy (non-hydrogen) atoms. The highest BCUT2D eigenvalue weighted by molar-refractivity contribution is 5.80. The van der Waals surface area contributed by atoms with Crippen molar-refractivity contribution in [3.05, 3.63) is 0 Å². The maximum atomic E-state index is 12.3. The highest BCUT2D eigenvalue weighted by atomic mass is 16.5. The Hall–Kier alpha value is -1.59. The van der Waals surface area contributed by atoms with Gasteiger partial charge in [-0.3, -0.25) is 14.4 Å². The second-order valence-corrected chi connectivity index (χ2v) is 8.89. The molecule has 0 aliphatic heterocycles. The molecule has 0 saturated heterocycles. The molecule has 0 heterocycles. The largest absolute Gasteiger partial charge is 0.380 e. The molecule has 0 radical (unpaired) electrons. The third-order valence-corrected chi connectivity index (χ3v) is 5.61. The molecule has 0 aromatic rings. The summed E-state index contributed by atoms with van der Waals surface area (Å²) in [5, 5.41) is 15.2. The van der Waals surface area contributed by atoms with E-state index in [0.717, 1.165) is 45.3 Å². The van der Waals surface area contributed by atoms with E-state index in [1.165, 1.54) is 0 Å². The topological polar surface area (TPSA) is 130 Å². The molecule has 0 aromatic heterocycles. The molecule has 0 aliphatic carbocycles. The molecule has 10 nitrogen and oxygen atoms in total. The quantitative estimate of drug-likeness (QED) is 0.115. The summed E-state index contributed by atoms with van der Waals surface area (Å²) in [7, 11) is 3.76. The lowest BCUT2D eigenvalue weighted by molar-refractivity contribution is -0.124. The average molecular weight is 502 g/mol. The van der Waals surface area contributed by atoms with Crippen LogP contribution in [0.25, 0.3) is 0 Å². The standard InChI is InChI=1S/C25H51N5O5/c1-21(23(31)10-17-34-18-11-25(33)29-14-6-12-26-3)8-9-22(2)28-13-5-7-24(32)30-16-20-35-19-15-27-4/h21-22,26-28H,5-20H2,1-4H3,(H,29,33)(H,30,32). The number of ketones is 1. The summed E-state index contributed by atoms with van der Waals surface area (Å²) in [6.45, 7) is 9.57. The predicted octanol–water partition coefficient (Wildman–Crippen LogP) is 0.605. The lowest BCUT2D eigenvalue weighted by atomic mass is 9.96. The van der Waals surface area contributed by atoms with E-state index in [1.807, 2.05) is 21.0 Å². The lowest BCUT2D eigenvalue weighted by Gasteiger charge is -2.16. The van der Waals surface area contributed by atoms with Gasteiger partial charge in [0.1, 0.15) is 5.78 Å². The van der Waals surface area contributed by atoms with Crippen molar-refractivity contribution >= 4 is 17.6 Å². The maximum absolute atomic E-state index is 12.3.